The van der Waals surface area contributed by atoms with Crippen LogP contribution in [0.4, 0.5) is 0 Å². The second-order valence-corrected chi connectivity index (χ2v) is 5.93. The van der Waals surface area contributed by atoms with Gasteiger partial charge in [-0.15, -0.1) is 11.3 Å². The molecule has 2 rings (SSSR count). The first kappa shape index (κ1) is 16.1. The summed E-state index contributed by atoms with van der Waals surface area (Å²) in [5, 5.41) is 6.87. The van der Waals surface area contributed by atoms with Crippen molar-refractivity contribution in [3.63, 3.8) is 0 Å². The second kappa shape index (κ2) is 7.64. The van der Waals surface area contributed by atoms with Gasteiger partial charge < -0.3 is 14.8 Å². The highest BCUT2D eigenvalue weighted by Crippen LogP contribution is 2.35. The van der Waals surface area contributed by atoms with Gasteiger partial charge in [0.25, 0.3) is 0 Å². The highest BCUT2D eigenvalue weighted by Gasteiger charge is 2.13. The molecule has 0 aliphatic carbocycles. The van der Waals surface area contributed by atoms with Crippen LogP contribution in [0, 0.1) is 6.92 Å². The van der Waals surface area contributed by atoms with E-state index in [2.05, 4.69) is 17.2 Å². The van der Waals surface area contributed by atoms with Crippen molar-refractivity contribution in [1.29, 1.82) is 0 Å². The summed E-state index contributed by atoms with van der Waals surface area (Å²) in [6.45, 7) is 6.01. The summed E-state index contributed by atoms with van der Waals surface area (Å²) in [6, 6.07) is 3.66. The lowest BCUT2D eigenvalue weighted by Gasteiger charge is -2.15. The van der Waals surface area contributed by atoms with Crippen molar-refractivity contribution in [1.82, 2.24) is 10.3 Å². The molecule has 1 aromatic heterocycles. The van der Waals surface area contributed by atoms with Gasteiger partial charge >= 0.3 is 0 Å². The van der Waals surface area contributed by atoms with Gasteiger partial charge in [-0.05, 0) is 19.5 Å². The van der Waals surface area contributed by atoms with Crippen LogP contribution in [0.5, 0.6) is 11.5 Å². The molecular formula is C15H19ClN2O2S. The van der Waals surface area contributed by atoms with Gasteiger partial charge in [0.15, 0.2) is 11.5 Å². The summed E-state index contributed by atoms with van der Waals surface area (Å²) >= 11 is 7.72. The second-order valence-electron chi connectivity index (χ2n) is 4.55. The van der Waals surface area contributed by atoms with Crippen molar-refractivity contribution in [2.24, 2.45) is 0 Å². The SMILES string of the molecule is CCNCc1cc(Cl)cc(OC)c1OCc1nc(C)cs1. The molecule has 0 atom stereocenters. The lowest BCUT2D eigenvalue weighted by atomic mass is 10.2. The van der Waals surface area contributed by atoms with E-state index in [9.17, 15) is 0 Å². The molecule has 1 N–H and O–H groups in total. The van der Waals surface area contributed by atoms with Crippen LogP contribution in [0.15, 0.2) is 17.5 Å². The third-order valence-corrected chi connectivity index (χ3v) is 4.05. The van der Waals surface area contributed by atoms with Crippen LogP contribution in [0.2, 0.25) is 5.02 Å². The molecule has 1 aromatic carbocycles. The van der Waals surface area contributed by atoms with Crippen LogP contribution < -0.4 is 14.8 Å². The maximum absolute atomic E-state index is 6.13. The van der Waals surface area contributed by atoms with E-state index in [1.165, 1.54) is 0 Å². The Morgan fingerprint density at radius 3 is 2.81 bits per heavy atom. The third kappa shape index (κ3) is 4.33. The highest BCUT2D eigenvalue weighted by atomic mass is 35.5. The van der Waals surface area contributed by atoms with Crippen molar-refractivity contribution < 1.29 is 9.47 Å². The molecule has 4 nitrogen and oxygen atoms in total. The van der Waals surface area contributed by atoms with Crippen LogP contribution in [-0.2, 0) is 13.2 Å². The Morgan fingerprint density at radius 2 is 2.19 bits per heavy atom. The van der Waals surface area contributed by atoms with Crippen molar-refractivity contribution in [3.8, 4) is 11.5 Å². The van der Waals surface area contributed by atoms with Gasteiger partial charge in [-0.25, -0.2) is 4.98 Å². The number of methoxy groups -OCH3 is 1. The summed E-state index contributed by atoms with van der Waals surface area (Å²) in [5.74, 6) is 1.36. The summed E-state index contributed by atoms with van der Waals surface area (Å²) in [4.78, 5) is 4.40. The van der Waals surface area contributed by atoms with E-state index >= 15 is 0 Å². The van der Waals surface area contributed by atoms with Gasteiger partial charge in [0.1, 0.15) is 11.6 Å². The molecular weight excluding hydrogens is 308 g/mol. The number of hydrogen-bond acceptors (Lipinski definition) is 5. The molecule has 21 heavy (non-hydrogen) atoms. The van der Waals surface area contributed by atoms with Gasteiger partial charge in [0.2, 0.25) is 0 Å². The van der Waals surface area contributed by atoms with E-state index in [1.807, 2.05) is 18.4 Å². The molecule has 0 saturated carbocycles. The first-order valence-electron chi connectivity index (χ1n) is 6.75. The van der Waals surface area contributed by atoms with Gasteiger partial charge in [-0.1, -0.05) is 18.5 Å². The number of hydrogen-bond donors (Lipinski definition) is 1. The van der Waals surface area contributed by atoms with Crippen molar-refractivity contribution in [3.05, 3.63) is 38.8 Å². The standard InChI is InChI=1S/C15H19ClN2O2S/c1-4-17-7-11-5-12(16)6-13(19-3)15(11)20-8-14-18-10(2)9-21-14/h5-6,9,17H,4,7-8H2,1-3H3. The number of nitrogens with one attached hydrogen (secondary N) is 1. The number of aromatic nitrogens is 1. The first-order chi connectivity index (χ1) is 10.1. The van der Waals surface area contributed by atoms with Gasteiger partial charge in [0, 0.05) is 34.3 Å². The van der Waals surface area contributed by atoms with E-state index in [0.717, 1.165) is 28.6 Å². The fourth-order valence-corrected chi connectivity index (χ4v) is 2.85. The minimum Gasteiger partial charge on any atom is -0.493 e. The van der Waals surface area contributed by atoms with E-state index in [1.54, 1.807) is 24.5 Å². The zero-order valence-electron chi connectivity index (χ0n) is 12.4. The summed E-state index contributed by atoms with van der Waals surface area (Å²) < 4.78 is 11.3. The monoisotopic (exact) mass is 326 g/mol. The minimum atomic E-state index is 0.426. The smallest absolute Gasteiger partial charge is 0.166 e. The molecule has 0 bridgehead atoms. The highest BCUT2D eigenvalue weighted by molar-refractivity contribution is 7.09. The maximum atomic E-state index is 6.13. The molecule has 114 valence electrons. The quantitative estimate of drug-likeness (QED) is 0.840. The lowest BCUT2D eigenvalue weighted by Crippen LogP contribution is -2.13. The van der Waals surface area contributed by atoms with Gasteiger partial charge in [0.05, 0.1) is 7.11 Å². The topological polar surface area (TPSA) is 43.4 Å². The molecule has 0 saturated heterocycles. The molecule has 0 amide bonds. The van der Waals surface area contributed by atoms with E-state index in [0.29, 0.717) is 23.9 Å². The predicted octanol–water partition coefficient (Wildman–Crippen LogP) is 3.80. The normalized spacial score (nSPS) is 10.7. The summed E-state index contributed by atoms with van der Waals surface area (Å²) in [5.41, 5.74) is 1.99. The Bertz CT molecular complexity index is 601. The Kier molecular flexibility index (Phi) is 5.85. The Balaban J connectivity index is 2.21. The number of nitrogens with zero attached hydrogens (tertiary/aromatic N) is 1. The van der Waals surface area contributed by atoms with Crippen molar-refractivity contribution >= 4 is 22.9 Å². The van der Waals surface area contributed by atoms with Crippen LogP contribution in [0.3, 0.4) is 0 Å². The molecule has 2 aromatic rings. The number of aryl methyl sites for hydroxylation is 1. The molecule has 0 radical (unpaired) electrons. The zero-order chi connectivity index (χ0) is 15.2. The number of ether oxygens (including phenoxy) is 2. The summed E-state index contributed by atoms with van der Waals surface area (Å²) in [6.07, 6.45) is 0. The number of halogens is 1. The maximum Gasteiger partial charge on any atom is 0.166 e. The van der Waals surface area contributed by atoms with Crippen molar-refractivity contribution in [2.45, 2.75) is 27.0 Å². The first-order valence-corrected chi connectivity index (χ1v) is 8.00. The molecule has 6 heteroatoms. The fourth-order valence-electron chi connectivity index (χ4n) is 1.93. The average Bonchev–Trinajstić information content (AvgIpc) is 2.88. The predicted molar refractivity (Wildman–Crippen MR) is 86.6 cm³/mol. The van der Waals surface area contributed by atoms with E-state index < -0.39 is 0 Å². The van der Waals surface area contributed by atoms with E-state index in [-0.39, 0.29) is 0 Å². The largest absolute Gasteiger partial charge is 0.493 e. The number of rotatable bonds is 7. The molecule has 0 fully saturated rings. The molecule has 0 aliphatic rings. The number of thiazole rings is 1. The van der Waals surface area contributed by atoms with Crippen LogP contribution in [-0.4, -0.2) is 18.6 Å². The Morgan fingerprint density at radius 1 is 1.38 bits per heavy atom. The lowest BCUT2D eigenvalue weighted by molar-refractivity contribution is 0.280. The zero-order valence-corrected chi connectivity index (χ0v) is 14.0. The van der Waals surface area contributed by atoms with E-state index in [4.69, 9.17) is 21.1 Å². The number of benzene rings is 1. The van der Waals surface area contributed by atoms with Crippen molar-refractivity contribution in [2.75, 3.05) is 13.7 Å². The average molecular weight is 327 g/mol. The Labute approximate surface area is 134 Å². The fraction of sp³-hybridized carbons (Fsp3) is 0.400. The van der Waals surface area contributed by atoms with Gasteiger partial charge in [-0.3, -0.25) is 0 Å². The third-order valence-electron chi connectivity index (χ3n) is 2.89. The molecule has 0 aliphatic heterocycles. The summed E-state index contributed by atoms with van der Waals surface area (Å²) in [7, 11) is 1.61. The molecule has 1 heterocycles. The Hall–Kier alpha value is -1.30. The van der Waals surface area contributed by atoms with Gasteiger partial charge in [-0.2, -0.15) is 0 Å². The minimum absolute atomic E-state index is 0.426. The van der Waals surface area contributed by atoms with Crippen LogP contribution in [0.25, 0.3) is 0 Å². The van der Waals surface area contributed by atoms with Crippen LogP contribution in [0.1, 0.15) is 23.2 Å². The molecule has 0 spiro atoms. The van der Waals surface area contributed by atoms with Crippen LogP contribution >= 0.6 is 22.9 Å². The molecule has 0 unspecified atom stereocenters.